The summed E-state index contributed by atoms with van der Waals surface area (Å²) in [6, 6.07) is 0.0556. The second-order valence-electron chi connectivity index (χ2n) is 0.653. The zero-order valence-corrected chi connectivity index (χ0v) is 3.75. The highest BCUT2D eigenvalue weighted by Crippen LogP contribution is 2.17. The first-order valence-electron chi connectivity index (χ1n) is 1.22. The predicted molar refractivity (Wildman–Crippen MR) is 17.3 cm³/mol. The van der Waals surface area contributed by atoms with Crippen molar-refractivity contribution < 1.29 is 17.9 Å². The molecule has 0 unspecified atom stereocenters. The Labute approximate surface area is 43.0 Å². The molecular formula is C2HClF3O. The molecule has 5 heteroatoms. The summed E-state index contributed by atoms with van der Waals surface area (Å²) in [6.07, 6.45) is -4.64. The Balaban J connectivity index is 3.15. The zero-order chi connectivity index (χ0) is 5.91. The van der Waals surface area contributed by atoms with Gasteiger partial charge in [0.05, 0.1) is 0 Å². The lowest BCUT2D eigenvalue weighted by molar-refractivity contribution is -0.303. The lowest BCUT2D eigenvalue weighted by atomic mass is 11.3. The van der Waals surface area contributed by atoms with Gasteiger partial charge < -0.3 is 0 Å². The summed E-state index contributed by atoms with van der Waals surface area (Å²) < 4.78 is 35.0. The maximum absolute atomic E-state index is 10.7. The molecule has 1 radical (unpaired) electrons. The first-order valence-corrected chi connectivity index (χ1v) is 1.66. The topological polar surface area (TPSA) is 9.23 Å². The van der Waals surface area contributed by atoms with E-state index < -0.39 is 6.36 Å². The third-order valence-electron chi connectivity index (χ3n) is 0.178. The van der Waals surface area contributed by atoms with Gasteiger partial charge in [-0.25, -0.2) is 0 Å². The normalized spacial score (nSPS) is 12.0. The summed E-state index contributed by atoms with van der Waals surface area (Å²) in [6.45, 7) is 0. The molecule has 43 valence electrons. The molecule has 0 aliphatic rings. The molecule has 0 N–H and O–H groups in total. The van der Waals surface area contributed by atoms with Gasteiger partial charge in [-0.15, -0.1) is 13.2 Å². The molecule has 0 aliphatic carbocycles. The molecule has 0 atom stereocenters. The molecule has 0 amide bonds. The van der Waals surface area contributed by atoms with E-state index in [1.807, 2.05) is 0 Å². The number of ether oxygens (including phenoxy) is 1. The first kappa shape index (κ1) is 7.04. The van der Waals surface area contributed by atoms with E-state index >= 15 is 0 Å². The second kappa shape index (κ2) is 2.37. The minimum absolute atomic E-state index is 0.0556. The molecule has 0 heterocycles. The molecule has 0 fully saturated rings. The van der Waals surface area contributed by atoms with Gasteiger partial charge in [-0.2, -0.15) is 0 Å². The number of hydrogen-bond donors (Lipinski definition) is 0. The Morgan fingerprint density at radius 3 is 1.86 bits per heavy atom. The molecule has 7 heavy (non-hydrogen) atoms. The van der Waals surface area contributed by atoms with E-state index in [2.05, 4.69) is 16.3 Å². The molecule has 0 aromatic rings. The summed E-state index contributed by atoms with van der Waals surface area (Å²) in [4.78, 5) is 0. The average Bonchev–Trinajstić information content (AvgIpc) is 1.30. The van der Waals surface area contributed by atoms with Crippen molar-refractivity contribution in [2.75, 3.05) is 0 Å². The minimum Gasteiger partial charge on any atom is -0.268 e. The molecule has 0 aromatic heterocycles. The summed E-state index contributed by atoms with van der Waals surface area (Å²) in [5.74, 6) is 0. The van der Waals surface area contributed by atoms with Crippen LogP contribution in [0.3, 0.4) is 0 Å². The monoisotopic (exact) mass is 133 g/mol. The molecular weight excluding hydrogens is 132 g/mol. The van der Waals surface area contributed by atoms with Crippen molar-refractivity contribution in [3.63, 3.8) is 0 Å². The lowest BCUT2D eigenvalue weighted by Crippen LogP contribution is -2.08. The van der Waals surface area contributed by atoms with Crippen LogP contribution in [0, 0.1) is 6.07 Å². The number of alkyl halides is 3. The van der Waals surface area contributed by atoms with Gasteiger partial charge in [-0.3, -0.25) is 4.74 Å². The summed E-state index contributed by atoms with van der Waals surface area (Å²) >= 11 is 4.42. The van der Waals surface area contributed by atoms with Gasteiger partial charge in [0.15, 0.2) is 6.07 Å². The van der Waals surface area contributed by atoms with Crippen molar-refractivity contribution in [1.82, 2.24) is 0 Å². The van der Waals surface area contributed by atoms with Gasteiger partial charge in [-0.1, -0.05) is 11.6 Å². The van der Waals surface area contributed by atoms with Gasteiger partial charge in [0.2, 0.25) is 0 Å². The molecule has 0 rings (SSSR count). The van der Waals surface area contributed by atoms with Gasteiger partial charge in [-0.05, 0) is 0 Å². The highest BCUT2D eigenvalue weighted by molar-refractivity contribution is 6.22. The third-order valence-corrected chi connectivity index (χ3v) is 0.267. The van der Waals surface area contributed by atoms with Crippen molar-refractivity contribution >= 4 is 11.6 Å². The van der Waals surface area contributed by atoms with Crippen LogP contribution in [-0.4, -0.2) is 6.36 Å². The van der Waals surface area contributed by atoms with E-state index in [1.165, 1.54) is 0 Å². The van der Waals surface area contributed by atoms with Crippen molar-refractivity contribution in [1.29, 1.82) is 0 Å². The molecule has 0 aliphatic heterocycles. The summed E-state index contributed by atoms with van der Waals surface area (Å²) in [7, 11) is 0. The van der Waals surface area contributed by atoms with Crippen molar-refractivity contribution in [3.8, 4) is 0 Å². The number of rotatable bonds is 1. The summed E-state index contributed by atoms with van der Waals surface area (Å²) in [5, 5.41) is 0. The largest absolute Gasteiger partial charge is 0.524 e. The van der Waals surface area contributed by atoms with E-state index in [0.717, 1.165) is 0 Å². The average molecular weight is 133 g/mol. The van der Waals surface area contributed by atoms with Crippen LogP contribution in [0.5, 0.6) is 0 Å². The van der Waals surface area contributed by atoms with Crippen molar-refractivity contribution in [3.05, 3.63) is 6.07 Å². The zero-order valence-electron chi connectivity index (χ0n) is 3.00. The van der Waals surface area contributed by atoms with Crippen LogP contribution < -0.4 is 0 Å². The van der Waals surface area contributed by atoms with Gasteiger partial charge in [0.1, 0.15) is 0 Å². The fourth-order valence-electron chi connectivity index (χ4n) is 0.0505. The molecule has 0 aromatic carbocycles. The lowest BCUT2D eigenvalue weighted by Gasteiger charge is -1.99. The second-order valence-corrected chi connectivity index (χ2v) is 0.831. The fraction of sp³-hybridized carbons (Fsp3) is 0.500. The first-order chi connectivity index (χ1) is 3.06. The van der Waals surface area contributed by atoms with Crippen molar-refractivity contribution in [2.24, 2.45) is 0 Å². The van der Waals surface area contributed by atoms with Crippen molar-refractivity contribution in [2.45, 2.75) is 6.36 Å². The Morgan fingerprint density at radius 1 is 1.43 bits per heavy atom. The van der Waals surface area contributed by atoms with Crippen LogP contribution in [0.1, 0.15) is 0 Å². The standard InChI is InChI=1S/C2HClF3O/c3-1-7-2(4,5)6/h1H. The Kier molecular flexibility index (Phi) is 2.39. The Hall–Kier alpha value is 0.0400. The van der Waals surface area contributed by atoms with E-state index in [-0.39, 0.29) is 6.07 Å². The van der Waals surface area contributed by atoms with Gasteiger partial charge in [0.25, 0.3) is 0 Å². The van der Waals surface area contributed by atoms with Crippen LogP contribution in [0.2, 0.25) is 0 Å². The molecule has 1 nitrogen and oxygen atoms in total. The van der Waals surface area contributed by atoms with Crippen LogP contribution in [0.25, 0.3) is 0 Å². The van der Waals surface area contributed by atoms with Crippen LogP contribution in [-0.2, 0) is 4.74 Å². The molecule has 0 saturated heterocycles. The third kappa shape index (κ3) is 6.04. The smallest absolute Gasteiger partial charge is 0.268 e. The Morgan fingerprint density at radius 2 is 1.86 bits per heavy atom. The number of halogens is 4. The molecule has 0 bridgehead atoms. The highest BCUT2D eigenvalue weighted by atomic mass is 35.5. The van der Waals surface area contributed by atoms with E-state index in [9.17, 15) is 13.2 Å². The van der Waals surface area contributed by atoms with E-state index in [1.54, 1.807) is 0 Å². The van der Waals surface area contributed by atoms with Crippen LogP contribution >= 0.6 is 11.6 Å². The van der Waals surface area contributed by atoms with Gasteiger partial charge in [0, 0.05) is 0 Å². The predicted octanol–water partition coefficient (Wildman–Crippen LogP) is 1.88. The van der Waals surface area contributed by atoms with Gasteiger partial charge >= 0.3 is 6.36 Å². The van der Waals surface area contributed by atoms with E-state index in [4.69, 9.17) is 0 Å². The molecule has 0 spiro atoms. The highest BCUT2D eigenvalue weighted by Gasteiger charge is 2.28. The maximum atomic E-state index is 10.7. The maximum Gasteiger partial charge on any atom is 0.524 e. The quantitative estimate of drug-likeness (QED) is 0.531. The SMILES string of the molecule is FC(F)(F)O[CH]Cl. The molecule has 0 saturated carbocycles. The van der Waals surface area contributed by atoms with Crippen LogP contribution in [0.4, 0.5) is 13.2 Å². The fourth-order valence-corrected chi connectivity index (χ4v) is 0.152. The number of hydrogen-bond acceptors (Lipinski definition) is 1. The Bertz CT molecular complexity index is 51.4. The minimum atomic E-state index is -4.64. The van der Waals surface area contributed by atoms with Crippen LogP contribution in [0.15, 0.2) is 0 Å². The summed E-state index contributed by atoms with van der Waals surface area (Å²) in [5.41, 5.74) is 0. The van der Waals surface area contributed by atoms with E-state index in [0.29, 0.717) is 0 Å².